The van der Waals surface area contributed by atoms with Gasteiger partial charge in [-0.3, -0.25) is 14.9 Å². The van der Waals surface area contributed by atoms with E-state index in [1.54, 1.807) is 6.07 Å². The summed E-state index contributed by atoms with van der Waals surface area (Å²) in [7, 11) is 0. The first-order chi connectivity index (χ1) is 15.9. The maximum Gasteiger partial charge on any atom is 0.269 e. The number of nitro benzene ring substituents is 1. The zero-order chi connectivity index (χ0) is 23.5. The van der Waals surface area contributed by atoms with Crippen molar-refractivity contribution in [2.45, 2.75) is 32.7 Å². The molecule has 0 saturated carbocycles. The Morgan fingerprint density at radius 2 is 2.03 bits per heavy atom. The number of nitro groups is 1. The molecule has 1 fully saturated rings. The molecule has 1 amide bonds. The molecule has 172 valence electrons. The third-order valence-electron chi connectivity index (χ3n) is 6.63. The van der Waals surface area contributed by atoms with Crippen LogP contribution in [0.4, 0.5) is 17.1 Å². The van der Waals surface area contributed by atoms with E-state index in [-0.39, 0.29) is 28.5 Å². The average molecular weight is 448 g/mol. The number of nitriles is 1. The highest BCUT2D eigenvalue weighted by Crippen LogP contribution is 2.39. The lowest BCUT2D eigenvalue weighted by Crippen LogP contribution is -2.61. The highest BCUT2D eigenvalue weighted by molar-refractivity contribution is 5.82. The van der Waals surface area contributed by atoms with E-state index >= 15 is 0 Å². The van der Waals surface area contributed by atoms with Crippen molar-refractivity contribution >= 4 is 23.0 Å². The number of piperazine rings is 1. The number of para-hydroxylation sites is 1. The van der Waals surface area contributed by atoms with E-state index in [1.807, 2.05) is 30.3 Å². The van der Waals surface area contributed by atoms with Gasteiger partial charge in [0.2, 0.25) is 5.91 Å². The smallest absolute Gasteiger partial charge is 0.269 e. The summed E-state index contributed by atoms with van der Waals surface area (Å²) in [5.74, 6) is 0.145. The largest absolute Gasteiger partial charge is 0.367 e. The Bertz CT molecular complexity index is 1090. The lowest BCUT2D eigenvalue weighted by atomic mass is 9.83. The zero-order valence-corrected chi connectivity index (χ0v) is 19.0. The summed E-state index contributed by atoms with van der Waals surface area (Å²) in [5.41, 5.74) is 3.36. The molecular formula is C25H29N5O3. The second-order valence-electron chi connectivity index (χ2n) is 9.19. The van der Waals surface area contributed by atoms with Crippen molar-refractivity contribution < 1.29 is 9.72 Å². The van der Waals surface area contributed by atoms with Crippen molar-refractivity contribution in [3.63, 3.8) is 0 Å². The van der Waals surface area contributed by atoms with E-state index < -0.39 is 0 Å². The molecule has 0 aromatic heterocycles. The Labute approximate surface area is 193 Å². The van der Waals surface area contributed by atoms with Crippen molar-refractivity contribution in [2.24, 2.45) is 11.8 Å². The molecule has 2 aliphatic heterocycles. The Morgan fingerprint density at radius 1 is 1.24 bits per heavy atom. The molecule has 4 rings (SSSR count). The van der Waals surface area contributed by atoms with Gasteiger partial charge in [-0.15, -0.1) is 0 Å². The van der Waals surface area contributed by atoms with Gasteiger partial charge in [0.05, 0.1) is 28.1 Å². The molecule has 0 spiro atoms. The quantitative estimate of drug-likeness (QED) is 0.537. The monoisotopic (exact) mass is 447 g/mol. The fraction of sp³-hybridized carbons (Fsp3) is 0.440. The predicted octanol–water partition coefficient (Wildman–Crippen LogP) is 3.50. The molecule has 0 radical (unpaired) electrons. The first-order valence-electron chi connectivity index (χ1n) is 11.4. The number of nitrogens with one attached hydrogen (secondary N) is 1. The summed E-state index contributed by atoms with van der Waals surface area (Å²) in [6.45, 7) is 6.84. The fourth-order valence-electron chi connectivity index (χ4n) is 4.90. The first-order valence-corrected chi connectivity index (χ1v) is 11.4. The molecule has 2 heterocycles. The summed E-state index contributed by atoms with van der Waals surface area (Å²) in [4.78, 5) is 28.6. The van der Waals surface area contributed by atoms with E-state index in [0.29, 0.717) is 44.1 Å². The Morgan fingerprint density at radius 3 is 2.76 bits per heavy atom. The highest BCUT2D eigenvalue weighted by atomic mass is 16.6. The van der Waals surface area contributed by atoms with Gasteiger partial charge in [0.15, 0.2) is 0 Å². The minimum Gasteiger partial charge on any atom is -0.367 e. The molecule has 1 N–H and O–H groups in total. The van der Waals surface area contributed by atoms with E-state index in [0.717, 1.165) is 23.4 Å². The Balaban J connectivity index is 1.65. The summed E-state index contributed by atoms with van der Waals surface area (Å²) in [6.07, 6.45) is 1.36. The topological polar surface area (TPSA) is 103 Å². The van der Waals surface area contributed by atoms with Crippen LogP contribution in [0.2, 0.25) is 0 Å². The van der Waals surface area contributed by atoms with Crippen molar-refractivity contribution in [1.82, 2.24) is 5.32 Å². The van der Waals surface area contributed by atoms with Gasteiger partial charge in [0.25, 0.3) is 5.69 Å². The number of rotatable bonds is 6. The Hall–Kier alpha value is -3.60. The highest BCUT2D eigenvalue weighted by Gasteiger charge is 2.42. The molecule has 8 heteroatoms. The maximum absolute atomic E-state index is 13.3. The number of non-ortho nitro benzene ring substituents is 1. The number of hydrogen-bond donors (Lipinski definition) is 1. The van der Waals surface area contributed by atoms with E-state index in [1.165, 1.54) is 6.07 Å². The zero-order valence-electron chi connectivity index (χ0n) is 19.0. The average Bonchev–Trinajstić information content (AvgIpc) is 2.82. The summed E-state index contributed by atoms with van der Waals surface area (Å²) in [6, 6.07) is 14.7. The molecule has 2 atom stereocenters. The number of hydrogen-bond acceptors (Lipinski definition) is 6. The Kier molecular flexibility index (Phi) is 6.50. The van der Waals surface area contributed by atoms with Crippen LogP contribution < -0.4 is 15.1 Å². The second kappa shape index (κ2) is 9.49. The van der Waals surface area contributed by atoms with Gasteiger partial charge in [-0.2, -0.15) is 5.26 Å². The van der Waals surface area contributed by atoms with Gasteiger partial charge >= 0.3 is 0 Å². The molecule has 2 unspecified atom stereocenters. The molecule has 8 nitrogen and oxygen atoms in total. The number of carbonyl (C=O) groups excluding carboxylic acids is 1. The minimum absolute atomic E-state index is 0.0155. The van der Waals surface area contributed by atoms with Gasteiger partial charge in [-0.1, -0.05) is 26.0 Å². The lowest BCUT2D eigenvalue weighted by Gasteiger charge is -2.49. The maximum atomic E-state index is 13.3. The SMILES string of the molecule is CC(C)CCNC(=O)C1Cc2cc([N+](=O)[O-])ccc2N2CCN(c3ccccc3C#N)CC12. The number of amides is 1. The summed E-state index contributed by atoms with van der Waals surface area (Å²) in [5, 5.41) is 24.0. The lowest BCUT2D eigenvalue weighted by molar-refractivity contribution is -0.384. The van der Waals surface area contributed by atoms with Gasteiger partial charge < -0.3 is 15.1 Å². The van der Waals surface area contributed by atoms with Crippen LogP contribution in [0.3, 0.4) is 0 Å². The standard InChI is InChI=1S/C25H29N5O3/c1-17(2)9-10-27-25(31)21-14-19-13-20(30(32)33)7-8-23(19)29-12-11-28(16-24(21)29)22-6-4-3-5-18(22)15-26/h3-8,13,17,21,24H,9-12,14,16H2,1-2H3,(H,27,31). The van der Waals surface area contributed by atoms with Crippen LogP contribution in [0.1, 0.15) is 31.4 Å². The van der Waals surface area contributed by atoms with E-state index in [4.69, 9.17) is 0 Å². The van der Waals surface area contributed by atoms with Crippen molar-refractivity contribution in [2.75, 3.05) is 36.0 Å². The third kappa shape index (κ3) is 4.63. The predicted molar refractivity (Wildman–Crippen MR) is 127 cm³/mol. The van der Waals surface area contributed by atoms with Gasteiger partial charge in [-0.05, 0) is 42.5 Å². The fourth-order valence-corrected chi connectivity index (χ4v) is 4.90. The van der Waals surface area contributed by atoms with Gasteiger partial charge in [0, 0.05) is 44.0 Å². The molecule has 2 aromatic carbocycles. The number of carbonyl (C=O) groups is 1. The molecule has 2 aromatic rings. The van der Waals surface area contributed by atoms with Crippen molar-refractivity contribution in [1.29, 1.82) is 5.26 Å². The summed E-state index contributed by atoms with van der Waals surface area (Å²) < 4.78 is 0. The van der Waals surface area contributed by atoms with Gasteiger partial charge in [0.1, 0.15) is 6.07 Å². The van der Waals surface area contributed by atoms with Crippen LogP contribution in [0.15, 0.2) is 42.5 Å². The normalized spacial score (nSPS) is 19.5. The number of fused-ring (bicyclic) bond motifs is 3. The van der Waals surface area contributed by atoms with Crippen LogP contribution >= 0.6 is 0 Å². The number of anilines is 2. The summed E-state index contributed by atoms with van der Waals surface area (Å²) >= 11 is 0. The van der Waals surface area contributed by atoms with Gasteiger partial charge in [-0.25, -0.2) is 0 Å². The van der Waals surface area contributed by atoms with Crippen molar-refractivity contribution in [3.05, 3.63) is 63.7 Å². The molecule has 0 bridgehead atoms. The van der Waals surface area contributed by atoms with E-state index in [9.17, 15) is 20.2 Å². The molecule has 0 aliphatic carbocycles. The molecule has 2 aliphatic rings. The second-order valence-corrected chi connectivity index (χ2v) is 9.19. The van der Waals surface area contributed by atoms with Crippen LogP contribution in [0, 0.1) is 33.3 Å². The third-order valence-corrected chi connectivity index (χ3v) is 6.63. The van der Waals surface area contributed by atoms with Crippen LogP contribution in [-0.4, -0.2) is 43.1 Å². The van der Waals surface area contributed by atoms with Crippen LogP contribution in [-0.2, 0) is 11.2 Å². The molecular weight excluding hydrogens is 418 g/mol. The molecule has 1 saturated heterocycles. The van der Waals surface area contributed by atoms with Crippen molar-refractivity contribution in [3.8, 4) is 6.07 Å². The molecule has 33 heavy (non-hydrogen) atoms. The van der Waals surface area contributed by atoms with Crippen LogP contribution in [0.25, 0.3) is 0 Å². The van der Waals surface area contributed by atoms with E-state index in [2.05, 4.69) is 35.0 Å². The minimum atomic E-state index is -0.388. The first kappa shape index (κ1) is 22.6. The number of nitrogens with zero attached hydrogens (tertiary/aromatic N) is 4. The van der Waals surface area contributed by atoms with Crippen LogP contribution in [0.5, 0.6) is 0 Å². The number of benzene rings is 2.